The van der Waals surface area contributed by atoms with Crippen LogP contribution in [0.5, 0.6) is 0 Å². The average Bonchev–Trinajstić information content (AvgIpc) is 2.94. The van der Waals surface area contributed by atoms with Gasteiger partial charge in [0.1, 0.15) is 12.2 Å². The van der Waals surface area contributed by atoms with Crippen LogP contribution in [0.15, 0.2) is 12.2 Å². The van der Waals surface area contributed by atoms with Crippen LogP contribution in [0.2, 0.25) is 0 Å². The maximum absolute atomic E-state index is 12.4. The fraction of sp³-hybridized carbons (Fsp3) is 0.900. The minimum atomic E-state index is -4.49. The van der Waals surface area contributed by atoms with E-state index in [-0.39, 0.29) is 19.6 Å². The molecule has 10 heteroatoms. The SMILES string of the molecule is CCCC/C=C\CCCCCCCC(=O)OC(COCCCCCCCCCC)COP(=O)(O)OCC(O)CO. The molecule has 0 aliphatic rings. The third kappa shape index (κ3) is 27.4. The number of hydrogen-bond acceptors (Lipinski definition) is 8. The zero-order chi connectivity index (χ0) is 29.7. The second-order valence-corrected chi connectivity index (χ2v) is 11.9. The first-order chi connectivity index (χ1) is 19.3. The van der Waals surface area contributed by atoms with Gasteiger partial charge in [-0.2, -0.15) is 0 Å². The lowest BCUT2D eigenvalue weighted by molar-refractivity contribution is -0.154. The molecule has 40 heavy (non-hydrogen) atoms. The minimum Gasteiger partial charge on any atom is -0.457 e. The summed E-state index contributed by atoms with van der Waals surface area (Å²) in [6.07, 6.45) is 21.8. The van der Waals surface area contributed by atoms with E-state index < -0.39 is 39.2 Å². The molecule has 0 bridgehead atoms. The zero-order valence-electron chi connectivity index (χ0n) is 25.3. The van der Waals surface area contributed by atoms with E-state index in [0.29, 0.717) is 6.61 Å². The summed E-state index contributed by atoms with van der Waals surface area (Å²) < 4.78 is 32.9. The van der Waals surface area contributed by atoms with Crippen molar-refractivity contribution >= 4 is 13.8 Å². The van der Waals surface area contributed by atoms with Crippen molar-refractivity contribution in [2.75, 3.05) is 33.0 Å². The molecule has 0 spiro atoms. The summed E-state index contributed by atoms with van der Waals surface area (Å²) in [5, 5.41) is 18.2. The Morgan fingerprint density at radius 1 is 0.750 bits per heavy atom. The number of unbranched alkanes of at least 4 members (excludes halogenated alkanes) is 14. The van der Waals surface area contributed by atoms with Crippen molar-refractivity contribution in [3.8, 4) is 0 Å². The molecule has 0 saturated heterocycles. The van der Waals surface area contributed by atoms with Gasteiger partial charge in [-0.1, -0.05) is 103 Å². The molecule has 3 N–H and O–H groups in total. The maximum Gasteiger partial charge on any atom is 0.472 e. The average molecular weight is 595 g/mol. The molecular weight excluding hydrogens is 535 g/mol. The van der Waals surface area contributed by atoms with Crippen LogP contribution in [0.3, 0.4) is 0 Å². The lowest BCUT2D eigenvalue weighted by Crippen LogP contribution is -2.29. The molecule has 0 radical (unpaired) electrons. The second-order valence-electron chi connectivity index (χ2n) is 10.5. The second kappa shape index (κ2) is 28.3. The Kier molecular flexibility index (Phi) is 27.8. The molecule has 0 saturated carbocycles. The summed E-state index contributed by atoms with van der Waals surface area (Å²) in [7, 11) is -4.49. The van der Waals surface area contributed by atoms with Gasteiger partial charge in [0.25, 0.3) is 0 Å². The van der Waals surface area contributed by atoms with E-state index in [9.17, 15) is 19.4 Å². The molecule has 0 heterocycles. The molecule has 0 aromatic rings. The molecule has 0 aliphatic heterocycles. The minimum absolute atomic E-state index is 0.0489. The zero-order valence-corrected chi connectivity index (χ0v) is 26.2. The highest BCUT2D eigenvalue weighted by molar-refractivity contribution is 7.47. The Hall–Kier alpha value is -0.800. The fourth-order valence-electron chi connectivity index (χ4n) is 3.98. The van der Waals surface area contributed by atoms with Gasteiger partial charge >= 0.3 is 13.8 Å². The molecule has 0 aromatic heterocycles. The van der Waals surface area contributed by atoms with Gasteiger partial charge in [0.2, 0.25) is 0 Å². The van der Waals surface area contributed by atoms with Crippen molar-refractivity contribution in [2.45, 2.75) is 142 Å². The van der Waals surface area contributed by atoms with Crippen molar-refractivity contribution in [3.05, 3.63) is 12.2 Å². The number of hydrogen-bond donors (Lipinski definition) is 3. The molecule has 3 atom stereocenters. The lowest BCUT2D eigenvalue weighted by Gasteiger charge is -2.20. The third-order valence-electron chi connectivity index (χ3n) is 6.45. The Balaban J connectivity index is 4.33. The van der Waals surface area contributed by atoms with Gasteiger partial charge < -0.3 is 24.6 Å². The van der Waals surface area contributed by atoms with Crippen LogP contribution in [0, 0.1) is 0 Å². The molecule has 0 aromatic carbocycles. The summed E-state index contributed by atoms with van der Waals surface area (Å²) in [4.78, 5) is 22.2. The van der Waals surface area contributed by atoms with Crippen molar-refractivity contribution in [1.82, 2.24) is 0 Å². The Morgan fingerprint density at radius 3 is 1.95 bits per heavy atom. The van der Waals surface area contributed by atoms with Crippen LogP contribution >= 0.6 is 7.82 Å². The number of phosphoric ester groups is 1. The number of allylic oxidation sites excluding steroid dienone is 2. The molecule has 0 fully saturated rings. The molecule has 0 rings (SSSR count). The normalized spacial score (nSPS) is 14.8. The van der Waals surface area contributed by atoms with Crippen molar-refractivity contribution in [3.63, 3.8) is 0 Å². The van der Waals surface area contributed by atoms with E-state index in [4.69, 9.17) is 19.1 Å². The first-order valence-corrected chi connectivity index (χ1v) is 17.2. The highest BCUT2D eigenvalue weighted by Crippen LogP contribution is 2.43. The molecular formula is C30H59O9P. The highest BCUT2D eigenvalue weighted by atomic mass is 31.2. The lowest BCUT2D eigenvalue weighted by atomic mass is 10.1. The monoisotopic (exact) mass is 594 g/mol. The number of phosphoric acid groups is 1. The number of aliphatic hydroxyl groups excluding tert-OH is 2. The summed E-state index contributed by atoms with van der Waals surface area (Å²) in [6.45, 7) is 3.42. The van der Waals surface area contributed by atoms with E-state index in [1.54, 1.807) is 0 Å². The summed E-state index contributed by atoms with van der Waals surface area (Å²) >= 11 is 0. The molecule has 9 nitrogen and oxygen atoms in total. The van der Waals surface area contributed by atoms with Gasteiger partial charge in [0.15, 0.2) is 0 Å². The van der Waals surface area contributed by atoms with Crippen LogP contribution < -0.4 is 0 Å². The topological polar surface area (TPSA) is 132 Å². The van der Waals surface area contributed by atoms with Crippen LogP contribution in [0.25, 0.3) is 0 Å². The number of carbonyl (C=O) groups is 1. The quantitative estimate of drug-likeness (QED) is 0.0347. The Morgan fingerprint density at radius 2 is 1.30 bits per heavy atom. The Labute approximate surface area is 243 Å². The molecule has 0 aliphatic carbocycles. The summed E-state index contributed by atoms with van der Waals surface area (Å²) in [6, 6.07) is 0. The first-order valence-electron chi connectivity index (χ1n) is 15.7. The number of rotatable bonds is 30. The van der Waals surface area contributed by atoms with Gasteiger partial charge in [-0.15, -0.1) is 0 Å². The third-order valence-corrected chi connectivity index (χ3v) is 7.40. The van der Waals surface area contributed by atoms with Crippen molar-refractivity contribution in [1.29, 1.82) is 0 Å². The van der Waals surface area contributed by atoms with Gasteiger partial charge in [0, 0.05) is 13.0 Å². The van der Waals surface area contributed by atoms with Crippen LogP contribution in [-0.4, -0.2) is 66.3 Å². The smallest absolute Gasteiger partial charge is 0.457 e. The van der Waals surface area contributed by atoms with E-state index in [2.05, 4.69) is 30.5 Å². The number of carbonyl (C=O) groups excluding carboxylic acids is 1. The number of ether oxygens (including phenoxy) is 2. The van der Waals surface area contributed by atoms with E-state index in [0.717, 1.165) is 64.2 Å². The van der Waals surface area contributed by atoms with Crippen molar-refractivity contribution in [2.24, 2.45) is 0 Å². The van der Waals surface area contributed by atoms with Crippen LogP contribution in [0.4, 0.5) is 0 Å². The Bertz CT molecular complexity index is 645. The van der Waals surface area contributed by atoms with Gasteiger partial charge in [-0.25, -0.2) is 4.57 Å². The molecule has 3 unspecified atom stereocenters. The van der Waals surface area contributed by atoms with Gasteiger partial charge in [0.05, 0.1) is 26.4 Å². The number of aliphatic hydroxyl groups is 2. The van der Waals surface area contributed by atoms with E-state index >= 15 is 0 Å². The number of esters is 1. The predicted molar refractivity (Wildman–Crippen MR) is 159 cm³/mol. The summed E-state index contributed by atoms with van der Waals surface area (Å²) in [5.41, 5.74) is 0. The largest absolute Gasteiger partial charge is 0.472 e. The van der Waals surface area contributed by atoms with E-state index in [1.807, 2.05) is 0 Å². The van der Waals surface area contributed by atoms with Crippen LogP contribution in [0.1, 0.15) is 129 Å². The first kappa shape index (κ1) is 39.2. The standard InChI is InChI=1S/C30H59O9P/c1-3-5-7-9-11-13-14-15-16-18-20-22-30(33)39-29(27-38-40(34,35)37-25-28(32)24-31)26-36-23-21-19-17-12-10-8-6-4-2/h9,11,28-29,31-32H,3-8,10,12-27H2,1-2H3,(H,34,35)/b11-9-. The van der Waals surface area contributed by atoms with E-state index in [1.165, 1.54) is 44.9 Å². The summed E-state index contributed by atoms with van der Waals surface area (Å²) in [5.74, 6) is -0.396. The van der Waals surface area contributed by atoms with Crippen molar-refractivity contribution < 1.29 is 43.0 Å². The maximum atomic E-state index is 12.4. The van der Waals surface area contributed by atoms with Crippen LogP contribution in [-0.2, 0) is 27.9 Å². The fourth-order valence-corrected chi connectivity index (χ4v) is 4.77. The molecule has 0 amide bonds. The highest BCUT2D eigenvalue weighted by Gasteiger charge is 2.26. The predicted octanol–water partition coefficient (Wildman–Crippen LogP) is 7.02. The van der Waals surface area contributed by atoms with Gasteiger partial charge in [-0.05, 0) is 32.1 Å². The van der Waals surface area contributed by atoms with Gasteiger partial charge in [-0.3, -0.25) is 13.8 Å². The molecule has 238 valence electrons.